The van der Waals surface area contributed by atoms with Crippen molar-refractivity contribution in [1.29, 1.82) is 0 Å². The molecular formula is C17H22N2. The normalized spacial score (nSPS) is 12.6. The van der Waals surface area contributed by atoms with Crippen LogP contribution in [0.3, 0.4) is 0 Å². The van der Waals surface area contributed by atoms with Gasteiger partial charge in [-0.15, -0.1) is 0 Å². The fourth-order valence-corrected chi connectivity index (χ4v) is 2.03. The second-order valence-electron chi connectivity index (χ2n) is 5.25. The fraction of sp³-hybridized carbons (Fsp3) is 0.353. The van der Waals surface area contributed by atoms with Crippen LogP contribution < -0.4 is 5.32 Å². The molecule has 0 aliphatic rings. The van der Waals surface area contributed by atoms with Gasteiger partial charge in [-0.25, -0.2) is 0 Å². The second-order valence-corrected chi connectivity index (χ2v) is 5.25. The lowest BCUT2D eigenvalue weighted by molar-refractivity contribution is 0.561. The lowest BCUT2D eigenvalue weighted by Gasteiger charge is -2.13. The van der Waals surface area contributed by atoms with Crippen LogP contribution >= 0.6 is 0 Å². The van der Waals surface area contributed by atoms with Crippen LogP contribution in [0.1, 0.15) is 49.6 Å². The number of hydrogen-bond acceptors (Lipinski definition) is 2. The third kappa shape index (κ3) is 3.90. The molecule has 0 saturated heterocycles. The number of nitrogens with zero attached hydrogens (tertiary/aromatic N) is 1. The van der Waals surface area contributed by atoms with Gasteiger partial charge in [-0.2, -0.15) is 0 Å². The molecule has 1 atom stereocenters. The maximum Gasteiger partial charge on any atom is 0.0570 e. The molecule has 1 unspecified atom stereocenters. The van der Waals surface area contributed by atoms with Gasteiger partial charge >= 0.3 is 0 Å². The van der Waals surface area contributed by atoms with Crippen LogP contribution in [-0.4, -0.2) is 4.98 Å². The predicted molar refractivity (Wildman–Crippen MR) is 80.0 cm³/mol. The second kappa shape index (κ2) is 6.48. The van der Waals surface area contributed by atoms with Crippen LogP contribution in [0.25, 0.3) is 0 Å². The summed E-state index contributed by atoms with van der Waals surface area (Å²) < 4.78 is 0. The van der Waals surface area contributed by atoms with E-state index in [4.69, 9.17) is 0 Å². The zero-order chi connectivity index (χ0) is 13.7. The molecule has 1 aromatic heterocycles. The quantitative estimate of drug-likeness (QED) is 0.870. The minimum Gasteiger partial charge on any atom is -0.305 e. The molecule has 0 spiro atoms. The van der Waals surface area contributed by atoms with Gasteiger partial charge in [-0.1, -0.05) is 44.2 Å². The van der Waals surface area contributed by atoms with E-state index in [1.54, 1.807) is 0 Å². The Kier molecular flexibility index (Phi) is 4.69. The highest BCUT2D eigenvalue weighted by Gasteiger charge is 2.05. The van der Waals surface area contributed by atoms with E-state index in [1.807, 2.05) is 18.3 Å². The molecule has 0 fully saturated rings. The van der Waals surface area contributed by atoms with Crippen molar-refractivity contribution in [1.82, 2.24) is 10.3 Å². The van der Waals surface area contributed by atoms with Crippen molar-refractivity contribution in [3.05, 3.63) is 65.5 Å². The molecule has 100 valence electrons. The molecule has 2 rings (SSSR count). The van der Waals surface area contributed by atoms with Crippen molar-refractivity contribution in [3.63, 3.8) is 0 Å². The summed E-state index contributed by atoms with van der Waals surface area (Å²) >= 11 is 0. The van der Waals surface area contributed by atoms with Crippen LogP contribution in [0.5, 0.6) is 0 Å². The van der Waals surface area contributed by atoms with Crippen molar-refractivity contribution < 1.29 is 0 Å². The van der Waals surface area contributed by atoms with Crippen LogP contribution in [0.2, 0.25) is 0 Å². The Morgan fingerprint density at radius 1 is 1.00 bits per heavy atom. The summed E-state index contributed by atoms with van der Waals surface area (Å²) in [6, 6.07) is 15.1. The van der Waals surface area contributed by atoms with Crippen molar-refractivity contribution >= 4 is 0 Å². The monoisotopic (exact) mass is 254 g/mol. The van der Waals surface area contributed by atoms with Gasteiger partial charge in [0.05, 0.1) is 5.69 Å². The lowest BCUT2D eigenvalue weighted by Crippen LogP contribution is -2.18. The topological polar surface area (TPSA) is 24.9 Å². The number of hydrogen-bond donors (Lipinski definition) is 1. The van der Waals surface area contributed by atoms with Crippen LogP contribution in [0, 0.1) is 0 Å². The van der Waals surface area contributed by atoms with E-state index in [9.17, 15) is 0 Å². The molecular weight excluding hydrogens is 232 g/mol. The smallest absolute Gasteiger partial charge is 0.0570 e. The summed E-state index contributed by atoms with van der Waals surface area (Å²) in [5.74, 6) is 0.592. The summed E-state index contributed by atoms with van der Waals surface area (Å²) in [4.78, 5) is 4.37. The van der Waals surface area contributed by atoms with E-state index in [0.29, 0.717) is 5.92 Å². The Morgan fingerprint density at radius 3 is 2.32 bits per heavy atom. The number of benzene rings is 1. The van der Waals surface area contributed by atoms with Gasteiger partial charge in [-0.05, 0) is 36.1 Å². The maximum atomic E-state index is 4.37. The molecule has 0 amide bonds. The van der Waals surface area contributed by atoms with Crippen molar-refractivity contribution in [2.24, 2.45) is 0 Å². The van der Waals surface area contributed by atoms with Crippen LogP contribution in [-0.2, 0) is 6.54 Å². The van der Waals surface area contributed by atoms with Gasteiger partial charge < -0.3 is 5.32 Å². The molecule has 0 aliphatic heterocycles. The van der Waals surface area contributed by atoms with Crippen LogP contribution in [0.15, 0.2) is 48.7 Å². The van der Waals surface area contributed by atoms with E-state index >= 15 is 0 Å². The lowest BCUT2D eigenvalue weighted by atomic mass is 10.0. The zero-order valence-electron chi connectivity index (χ0n) is 11.9. The number of rotatable bonds is 5. The zero-order valence-corrected chi connectivity index (χ0v) is 11.9. The van der Waals surface area contributed by atoms with Crippen LogP contribution in [0.4, 0.5) is 0 Å². The third-order valence-corrected chi connectivity index (χ3v) is 3.39. The maximum absolute atomic E-state index is 4.37. The molecule has 1 heterocycles. The summed E-state index contributed by atoms with van der Waals surface area (Å²) in [5.41, 5.74) is 3.79. The Bertz CT molecular complexity index is 488. The SMILES string of the molecule is CC(C)c1ccc(CNC(C)c2ccccn2)cc1. The van der Waals surface area contributed by atoms with E-state index in [0.717, 1.165) is 12.2 Å². The Hall–Kier alpha value is -1.67. The molecule has 1 aromatic carbocycles. The third-order valence-electron chi connectivity index (χ3n) is 3.39. The molecule has 1 N–H and O–H groups in total. The van der Waals surface area contributed by atoms with Crippen molar-refractivity contribution in [2.45, 2.75) is 39.3 Å². The molecule has 0 bridgehead atoms. The average molecular weight is 254 g/mol. The van der Waals surface area contributed by atoms with Gasteiger partial charge in [0.1, 0.15) is 0 Å². The summed E-state index contributed by atoms with van der Waals surface area (Å²) in [6.45, 7) is 7.45. The molecule has 0 saturated carbocycles. The van der Waals surface area contributed by atoms with E-state index < -0.39 is 0 Å². The average Bonchev–Trinajstić information content (AvgIpc) is 2.46. The first kappa shape index (κ1) is 13.8. The number of nitrogens with one attached hydrogen (secondary N) is 1. The molecule has 2 nitrogen and oxygen atoms in total. The molecule has 0 radical (unpaired) electrons. The van der Waals surface area contributed by atoms with Gasteiger partial charge in [-0.3, -0.25) is 4.98 Å². The van der Waals surface area contributed by atoms with E-state index in [1.165, 1.54) is 11.1 Å². The standard InChI is InChI=1S/C17H22N2/c1-13(2)16-9-7-15(8-10-16)12-19-14(3)17-6-4-5-11-18-17/h4-11,13-14,19H,12H2,1-3H3. The minimum atomic E-state index is 0.269. The fourth-order valence-electron chi connectivity index (χ4n) is 2.03. The Labute approximate surface area is 115 Å². The predicted octanol–water partition coefficient (Wildman–Crippen LogP) is 4.06. The Balaban J connectivity index is 1.92. The largest absolute Gasteiger partial charge is 0.305 e. The van der Waals surface area contributed by atoms with E-state index in [-0.39, 0.29) is 6.04 Å². The highest BCUT2D eigenvalue weighted by atomic mass is 14.9. The molecule has 0 aliphatic carbocycles. The summed E-state index contributed by atoms with van der Waals surface area (Å²) in [6.07, 6.45) is 1.84. The molecule has 19 heavy (non-hydrogen) atoms. The highest BCUT2D eigenvalue weighted by molar-refractivity contribution is 5.24. The highest BCUT2D eigenvalue weighted by Crippen LogP contribution is 2.15. The first-order valence-corrected chi connectivity index (χ1v) is 6.90. The summed E-state index contributed by atoms with van der Waals surface area (Å²) in [7, 11) is 0. The number of aromatic nitrogens is 1. The minimum absolute atomic E-state index is 0.269. The van der Waals surface area contributed by atoms with Gasteiger partial charge in [0.15, 0.2) is 0 Å². The molecule has 2 heteroatoms. The van der Waals surface area contributed by atoms with Gasteiger partial charge in [0, 0.05) is 18.8 Å². The first-order valence-electron chi connectivity index (χ1n) is 6.90. The van der Waals surface area contributed by atoms with Gasteiger partial charge in [0.25, 0.3) is 0 Å². The number of pyridine rings is 1. The van der Waals surface area contributed by atoms with Crippen molar-refractivity contribution in [2.75, 3.05) is 0 Å². The van der Waals surface area contributed by atoms with E-state index in [2.05, 4.69) is 61.4 Å². The molecule has 2 aromatic rings. The first-order chi connectivity index (χ1) is 9.16. The summed E-state index contributed by atoms with van der Waals surface area (Å²) in [5, 5.41) is 3.50. The van der Waals surface area contributed by atoms with Crippen molar-refractivity contribution in [3.8, 4) is 0 Å². The van der Waals surface area contributed by atoms with Gasteiger partial charge in [0.2, 0.25) is 0 Å². The Morgan fingerprint density at radius 2 is 1.74 bits per heavy atom.